The Balaban J connectivity index is 1.61. The Hall–Kier alpha value is -3.09. The number of likely N-dealkylation sites (tertiary alicyclic amines) is 1. The number of rotatable bonds is 4. The Morgan fingerprint density at radius 2 is 2.14 bits per heavy atom. The molecule has 4 rings (SSSR count). The van der Waals surface area contributed by atoms with Crippen LogP contribution in [0.3, 0.4) is 0 Å². The predicted molar refractivity (Wildman–Crippen MR) is 106 cm³/mol. The van der Waals surface area contributed by atoms with E-state index in [1.807, 2.05) is 42.2 Å². The summed E-state index contributed by atoms with van der Waals surface area (Å²) in [5.41, 5.74) is 3.63. The van der Waals surface area contributed by atoms with E-state index in [4.69, 9.17) is 4.74 Å². The molecule has 3 aromatic rings. The van der Waals surface area contributed by atoms with Crippen LogP contribution in [0.1, 0.15) is 41.4 Å². The molecular formula is C21H24N4O3. The highest BCUT2D eigenvalue weighted by atomic mass is 16.5. The number of aromatic amines is 1. The van der Waals surface area contributed by atoms with E-state index in [2.05, 4.69) is 10.1 Å². The Morgan fingerprint density at radius 1 is 1.32 bits per heavy atom. The maximum atomic E-state index is 13.0. The number of amides is 1. The van der Waals surface area contributed by atoms with E-state index in [-0.39, 0.29) is 17.5 Å². The molecule has 1 saturated heterocycles. The van der Waals surface area contributed by atoms with Crippen molar-refractivity contribution in [2.45, 2.75) is 39.2 Å². The number of carbonyl (C=O) groups is 1. The third-order valence-electron chi connectivity index (χ3n) is 5.53. The topological polar surface area (TPSA) is 79.7 Å². The van der Waals surface area contributed by atoms with E-state index < -0.39 is 0 Å². The van der Waals surface area contributed by atoms with Gasteiger partial charge in [-0.1, -0.05) is 12.1 Å². The largest absolute Gasteiger partial charge is 0.497 e. The first-order valence-electron chi connectivity index (χ1n) is 9.49. The minimum atomic E-state index is -0.0963. The second kappa shape index (κ2) is 7.14. The molecule has 0 unspecified atom stereocenters. The average Bonchev–Trinajstić information content (AvgIpc) is 3.33. The van der Waals surface area contributed by atoms with Gasteiger partial charge in [-0.05, 0) is 44.4 Å². The van der Waals surface area contributed by atoms with Crippen molar-refractivity contribution < 1.29 is 9.53 Å². The van der Waals surface area contributed by atoms with Crippen LogP contribution in [-0.2, 0) is 11.2 Å². The molecule has 1 fully saturated rings. The molecule has 7 heteroatoms. The van der Waals surface area contributed by atoms with Crippen LogP contribution in [0.5, 0.6) is 5.75 Å². The molecule has 146 valence electrons. The number of aryl methyl sites for hydroxylation is 1. The standard InChI is InChI=1S/C21H24N4O3/c1-13-14(2)22-19-12-17(23-25(19)21(13)27)18-8-5-9-24(18)20(26)11-15-6-4-7-16(10-15)28-3/h4,6-7,10,12,18,23H,5,8-9,11H2,1-3H3/t18-/m0/s1. The van der Waals surface area contributed by atoms with Crippen LogP contribution in [0, 0.1) is 13.8 Å². The lowest BCUT2D eigenvalue weighted by molar-refractivity contribution is -0.131. The van der Waals surface area contributed by atoms with Crippen molar-refractivity contribution in [1.82, 2.24) is 19.5 Å². The van der Waals surface area contributed by atoms with Crippen molar-refractivity contribution in [1.29, 1.82) is 0 Å². The molecule has 0 bridgehead atoms. The van der Waals surface area contributed by atoms with E-state index in [9.17, 15) is 9.59 Å². The molecule has 28 heavy (non-hydrogen) atoms. The highest BCUT2D eigenvalue weighted by Crippen LogP contribution is 2.32. The third-order valence-corrected chi connectivity index (χ3v) is 5.53. The number of hydrogen-bond acceptors (Lipinski definition) is 4. The first-order valence-corrected chi connectivity index (χ1v) is 9.49. The van der Waals surface area contributed by atoms with Crippen LogP contribution in [0.15, 0.2) is 35.1 Å². The van der Waals surface area contributed by atoms with Gasteiger partial charge in [0.1, 0.15) is 5.75 Å². The fraction of sp³-hybridized carbons (Fsp3) is 0.381. The molecule has 1 amide bonds. The molecule has 3 heterocycles. The van der Waals surface area contributed by atoms with Crippen LogP contribution in [-0.4, -0.2) is 39.1 Å². The lowest BCUT2D eigenvalue weighted by Gasteiger charge is -2.24. The second-order valence-electron chi connectivity index (χ2n) is 7.31. The Kier molecular flexibility index (Phi) is 4.66. The normalized spacial score (nSPS) is 16.7. The van der Waals surface area contributed by atoms with Gasteiger partial charge in [0.05, 0.1) is 25.3 Å². The molecule has 1 aliphatic rings. The van der Waals surface area contributed by atoms with Gasteiger partial charge in [0.15, 0.2) is 5.65 Å². The lowest BCUT2D eigenvalue weighted by atomic mass is 10.1. The van der Waals surface area contributed by atoms with Crippen LogP contribution >= 0.6 is 0 Å². The first-order chi connectivity index (χ1) is 13.5. The zero-order chi connectivity index (χ0) is 19.8. The van der Waals surface area contributed by atoms with E-state index in [1.54, 1.807) is 14.0 Å². The molecular weight excluding hydrogens is 356 g/mol. The molecule has 1 N–H and O–H groups in total. The third kappa shape index (κ3) is 3.17. The first kappa shape index (κ1) is 18.3. The molecule has 0 spiro atoms. The summed E-state index contributed by atoms with van der Waals surface area (Å²) in [4.78, 5) is 31.9. The van der Waals surface area contributed by atoms with Gasteiger partial charge in [0.25, 0.3) is 5.56 Å². The Labute approximate surface area is 162 Å². The molecule has 2 aromatic heterocycles. The summed E-state index contributed by atoms with van der Waals surface area (Å²) < 4.78 is 6.72. The molecule has 1 aromatic carbocycles. The maximum Gasteiger partial charge on any atom is 0.275 e. The highest BCUT2D eigenvalue weighted by Gasteiger charge is 2.31. The number of carbonyl (C=O) groups excluding carboxylic acids is 1. The quantitative estimate of drug-likeness (QED) is 0.754. The van der Waals surface area contributed by atoms with E-state index in [0.717, 1.165) is 35.5 Å². The minimum absolute atomic E-state index is 0.0696. The van der Waals surface area contributed by atoms with Gasteiger partial charge >= 0.3 is 0 Å². The summed E-state index contributed by atoms with van der Waals surface area (Å²) >= 11 is 0. The van der Waals surface area contributed by atoms with Crippen molar-refractivity contribution in [2.24, 2.45) is 0 Å². The van der Waals surface area contributed by atoms with Gasteiger partial charge in [-0.2, -0.15) is 0 Å². The monoisotopic (exact) mass is 380 g/mol. The summed E-state index contributed by atoms with van der Waals surface area (Å²) in [6.07, 6.45) is 2.12. The SMILES string of the molecule is COc1cccc(CC(=O)N2CCC[C@H]2c2cc3nc(C)c(C)c(=O)n3[nH]2)c1. The van der Waals surface area contributed by atoms with Crippen LogP contribution < -0.4 is 10.3 Å². The number of H-pyrrole nitrogens is 1. The molecule has 0 aliphatic carbocycles. The summed E-state index contributed by atoms with van der Waals surface area (Å²) in [5, 5.41) is 3.17. The van der Waals surface area contributed by atoms with Gasteiger partial charge in [0.2, 0.25) is 5.91 Å². The summed E-state index contributed by atoms with van der Waals surface area (Å²) in [7, 11) is 1.62. The Morgan fingerprint density at radius 3 is 2.93 bits per heavy atom. The van der Waals surface area contributed by atoms with Crippen LogP contribution in [0.25, 0.3) is 5.65 Å². The van der Waals surface area contributed by atoms with Gasteiger partial charge in [-0.25, -0.2) is 9.50 Å². The number of methoxy groups -OCH3 is 1. The molecule has 1 atom stereocenters. The van der Waals surface area contributed by atoms with Crippen LogP contribution in [0.4, 0.5) is 0 Å². The number of nitrogens with zero attached hydrogens (tertiary/aromatic N) is 3. The second-order valence-corrected chi connectivity index (χ2v) is 7.31. The van der Waals surface area contributed by atoms with Gasteiger partial charge in [-0.3, -0.25) is 14.7 Å². The number of ether oxygens (including phenoxy) is 1. The fourth-order valence-electron chi connectivity index (χ4n) is 3.86. The lowest BCUT2D eigenvalue weighted by Crippen LogP contribution is -2.32. The summed E-state index contributed by atoms with van der Waals surface area (Å²) in [6, 6.07) is 9.40. The number of fused-ring (bicyclic) bond motifs is 1. The van der Waals surface area contributed by atoms with Gasteiger partial charge < -0.3 is 9.64 Å². The van der Waals surface area contributed by atoms with Gasteiger partial charge in [0, 0.05) is 23.9 Å². The van der Waals surface area contributed by atoms with E-state index in [1.165, 1.54) is 4.52 Å². The van der Waals surface area contributed by atoms with Crippen molar-refractivity contribution >= 4 is 11.6 Å². The average molecular weight is 380 g/mol. The predicted octanol–water partition coefficient (Wildman–Crippen LogP) is 2.55. The number of nitrogens with one attached hydrogen (secondary N) is 1. The number of hydrogen-bond donors (Lipinski definition) is 1. The summed E-state index contributed by atoms with van der Waals surface area (Å²) in [6.45, 7) is 4.32. The van der Waals surface area contributed by atoms with Gasteiger partial charge in [-0.15, -0.1) is 0 Å². The van der Waals surface area contributed by atoms with E-state index >= 15 is 0 Å². The Bertz CT molecular complexity index is 1100. The molecule has 0 saturated carbocycles. The number of benzene rings is 1. The fourth-order valence-corrected chi connectivity index (χ4v) is 3.86. The summed E-state index contributed by atoms with van der Waals surface area (Å²) in [5.74, 6) is 0.817. The molecule has 1 aliphatic heterocycles. The van der Waals surface area contributed by atoms with Crippen LogP contribution in [0.2, 0.25) is 0 Å². The van der Waals surface area contributed by atoms with Crippen molar-refractivity contribution in [2.75, 3.05) is 13.7 Å². The zero-order valence-corrected chi connectivity index (χ0v) is 16.4. The molecule has 0 radical (unpaired) electrons. The zero-order valence-electron chi connectivity index (χ0n) is 16.4. The smallest absolute Gasteiger partial charge is 0.275 e. The van der Waals surface area contributed by atoms with Crippen molar-refractivity contribution in [3.05, 3.63) is 63.2 Å². The maximum absolute atomic E-state index is 13.0. The highest BCUT2D eigenvalue weighted by molar-refractivity contribution is 5.79. The minimum Gasteiger partial charge on any atom is -0.497 e. The molecule has 7 nitrogen and oxygen atoms in total. The van der Waals surface area contributed by atoms with E-state index in [0.29, 0.717) is 24.2 Å². The number of aromatic nitrogens is 3. The van der Waals surface area contributed by atoms with Crippen molar-refractivity contribution in [3.63, 3.8) is 0 Å². The van der Waals surface area contributed by atoms with Crippen molar-refractivity contribution in [3.8, 4) is 5.75 Å².